The maximum absolute atomic E-state index is 12.5. The van der Waals surface area contributed by atoms with E-state index in [1.54, 1.807) is 32.9 Å². The van der Waals surface area contributed by atoms with Crippen molar-refractivity contribution in [2.45, 2.75) is 39.3 Å². The molecule has 29 heavy (non-hydrogen) atoms. The first-order valence-corrected chi connectivity index (χ1v) is 9.46. The van der Waals surface area contributed by atoms with E-state index in [0.29, 0.717) is 32.0 Å². The van der Waals surface area contributed by atoms with E-state index >= 15 is 0 Å². The second kappa shape index (κ2) is 9.60. The zero-order valence-electron chi connectivity index (χ0n) is 17.5. The van der Waals surface area contributed by atoms with Crippen LogP contribution in [-0.4, -0.2) is 63.0 Å². The van der Waals surface area contributed by atoms with Crippen LogP contribution >= 0.6 is 0 Å². The number of hydrogen-bond donors (Lipinski definition) is 2. The van der Waals surface area contributed by atoms with Crippen LogP contribution in [0.25, 0.3) is 0 Å². The third-order valence-corrected chi connectivity index (χ3v) is 4.17. The second-order valence-corrected chi connectivity index (χ2v) is 7.68. The summed E-state index contributed by atoms with van der Waals surface area (Å²) in [5, 5.41) is 5.14. The fourth-order valence-corrected chi connectivity index (χ4v) is 2.73. The summed E-state index contributed by atoms with van der Waals surface area (Å²) >= 11 is 0. The van der Waals surface area contributed by atoms with Gasteiger partial charge in [0.15, 0.2) is 0 Å². The number of nitrogens with zero attached hydrogens (tertiary/aromatic N) is 1. The van der Waals surface area contributed by atoms with Crippen molar-refractivity contribution in [3.05, 3.63) is 23.8 Å². The molecule has 2 amide bonds. The molecule has 0 spiro atoms. The Bertz CT molecular complexity index is 753. The quantitative estimate of drug-likeness (QED) is 0.721. The average Bonchev–Trinajstić information content (AvgIpc) is 2.66. The summed E-state index contributed by atoms with van der Waals surface area (Å²) < 4.78 is 15.4. The molecule has 1 aromatic carbocycles. The van der Waals surface area contributed by atoms with E-state index in [-0.39, 0.29) is 5.56 Å². The highest BCUT2D eigenvalue weighted by Crippen LogP contribution is 2.25. The number of carbonyl (C=O) groups excluding carboxylic acids is 3. The fourth-order valence-electron chi connectivity index (χ4n) is 2.73. The smallest absolute Gasteiger partial charge is 0.408 e. The second-order valence-electron chi connectivity index (χ2n) is 7.68. The molecule has 0 bridgehead atoms. The Morgan fingerprint density at radius 3 is 2.41 bits per heavy atom. The molecule has 1 heterocycles. The molecule has 0 aliphatic carbocycles. The minimum absolute atomic E-state index is 0.231. The number of rotatable bonds is 5. The van der Waals surface area contributed by atoms with Crippen molar-refractivity contribution in [2.24, 2.45) is 0 Å². The molecule has 0 unspecified atom stereocenters. The standard InChI is InChI=1S/C20H29N3O6/c1-13(21-19(26)29-20(2,3)4)17(24)22-16-7-6-14(12-15(16)18(25)27-5)23-8-10-28-11-9-23/h6-7,12-13H,8-11H2,1-5H3,(H,21,26)(H,22,24)/t13-/m1/s1. The number of alkyl carbamates (subject to hydrolysis) is 1. The minimum Gasteiger partial charge on any atom is -0.465 e. The maximum Gasteiger partial charge on any atom is 0.408 e. The highest BCUT2D eigenvalue weighted by Gasteiger charge is 2.23. The Morgan fingerprint density at radius 1 is 1.17 bits per heavy atom. The predicted octanol–water partition coefficient (Wildman–Crippen LogP) is 2.16. The van der Waals surface area contributed by atoms with E-state index in [1.165, 1.54) is 14.0 Å². The van der Waals surface area contributed by atoms with Crippen LogP contribution in [0, 0.1) is 0 Å². The van der Waals surface area contributed by atoms with Crippen molar-refractivity contribution in [3.63, 3.8) is 0 Å². The summed E-state index contributed by atoms with van der Waals surface area (Å²) in [6, 6.07) is 4.28. The van der Waals surface area contributed by atoms with E-state index in [9.17, 15) is 14.4 Å². The van der Waals surface area contributed by atoms with Crippen molar-refractivity contribution in [1.82, 2.24) is 5.32 Å². The average molecular weight is 407 g/mol. The minimum atomic E-state index is -0.866. The number of benzene rings is 1. The number of nitrogens with one attached hydrogen (secondary N) is 2. The summed E-state index contributed by atoms with van der Waals surface area (Å²) in [7, 11) is 1.28. The van der Waals surface area contributed by atoms with Gasteiger partial charge < -0.3 is 29.7 Å². The van der Waals surface area contributed by atoms with Gasteiger partial charge in [-0.15, -0.1) is 0 Å². The number of hydrogen-bond acceptors (Lipinski definition) is 7. The fraction of sp³-hybridized carbons (Fsp3) is 0.550. The summed E-state index contributed by atoms with van der Waals surface area (Å²) in [4.78, 5) is 38.7. The lowest BCUT2D eigenvalue weighted by atomic mass is 10.1. The zero-order valence-corrected chi connectivity index (χ0v) is 17.5. The number of morpholine rings is 1. The van der Waals surface area contributed by atoms with Crippen molar-refractivity contribution in [2.75, 3.05) is 43.6 Å². The first kappa shape index (κ1) is 22.5. The highest BCUT2D eigenvalue weighted by molar-refractivity contribution is 6.04. The van der Waals surface area contributed by atoms with Gasteiger partial charge in [-0.1, -0.05) is 0 Å². The van der Waals surface area contributed by atoms with Crippen LogP contribution in [0.5, 0.6) is 0 Å². The van der Waals surface area contributed by atoms with Gasteiger partial charge in [0.2, 0.25) is 5.91 Å². The molecular formula is C20H29N3O6. The molecule has 2 N–H and O–H groups in total. The molecule has 160 valence electrons. The van der Waals surface area contributed by atoms with Crippen LogP contribution in [0.15, 0.2) is 18.2 Å². The van der Waals surface area contributed by atoms with Crippen molar-refractivity contribution in [1.29, 1.82) is 0 Å². The van der Waals surface area contributed by atoms with Crippen molar-refractivity contribution >= 4 is 29.3 Å². The Labute approximate surface area is 170 Å². The van der Waals surface area contributed by atoms with Gasteiger partial charge in [-0.3, -0.25) is 4.79 Å². The Hall–Kier alpha value is -2.81. The van der Waals surface area contributed by atoms with Gasteiger partial charge in [0.1, 0.15) is 11.6 Å². The number of esters is 1. The highest BCUT2D eigenvalue weighted by atomic mass is 16.6. The van der Waals surface area contributed by atoms with Gasteiger partial charge in [-0.2, -0.15) is 0 Å². The lowest BCUT2D eigenvalue weighted by molar-refractivity contribution is -0.117. The SMILES string of the molecule is COC(=O)c1cc(N2CCOCC2)ccc1NC(=O)[C@@H](C)NC(=O)OC(C)(C)C. The number of amides is 2. The Kier molecular flexibility index (Phi) is 7.44. The molecule has 2 rings (SSSR count). The van der Waals surface area contributed by atoms with Crippen molar-refractivity contribution in [3.8, 4) is 0 Å². The van der Waals surface area contributed by atoms with E-state index < -0.39 is 29.6 Å². The topological polar surface area (TPSA) is 106 Å². The molecule has 0 aromatic heterocycles. The molecule has 1 aromatic rings. The monoisotopic (exact) mass is 407 g/mol. The van der Waals surface area contributed by atoms with E-state index in [1.807, 2.05) is 6.07 Å². The number of ether oxygens (including phenoxy) is 3. The molecule has 1 aliphatic rings. The number of methoxy groups -OCH3 is 1. The third kappa shape index (κ3) is 6.63. The molecule has 9 nitrogen and oxygen atoms in total. The molecule has 1 aliphatic heterocycles. The summed E-state index contributed by atoms with van der Waals surface area (Å²) in [5.41, 5.74) is 0.700. The summed E-state index contributed by atoms with van der Waals surface area (Å²) in [6.45, 7) is 9.37. The third-order valence-electron chi connectivity index (χ3n) is 4.17. The first-order chi connectivity index (χ1) is 13.6. The maximum atomic E-state index is 12.5. The molecule has 9 heteroatoms. The van der Waals surface area contributed by atoms with Crippen LogP contribution < -0.4 is 15.5 Å². The molecule has 1 atom stereocenters. The number of anilines is 2. The molecule has 0 saturated carbocycles. The van der Waals surface area contributed by atoms with Crippen molar-refractivity contribution < 1.29 is 28.6 Å². The predicted molar refractivity (Wildman–Crippen MR) is 108 cm³/mol. The van der Waals surface area contributed by atoms with Gasteiger partial charge >= 0.3 is 12.1 Å². The van der Waals surface area contributed by atoms with Gasteiger partial charge in [0.25, 0.3) is 0 Å². The lowest BCUT2D eigenvalue weighted by Crippen LogP contribution is -2.44. The van der Waals surface area contributed by atoms with Gasteiger partial charge in [-0.25, -0.2) is 9.59 Å². The van der Waals surface area contributed by atoms with Gasteiger partial charge in [-0.05, 0) is 45.9 Å². The van der Waals surface area contributed by atoms with Gasteiger partial charge in [0, 0.05) is 18.8 Å². The molecule has 0 radical (unpaired) electrons. The normalized spacial score (nSPS) is 15.3. The summed E-state index contributed by atoms with van der Waals surface area (Å²) in [5.74, 6) is -1.05. The molecular weight excluding hydrogens is 378 g/mol. The first-order valence-electron chi connectivity index (χ1n) is 9.46. The van der Waals surface area contributed by atoms with Crippen LogP contribution in [0.2, 0.25) is 0 Å². The summed E-state index contributed by atoms with van der Waals surface area (Å²) in [6.07, 6.45) is -0.698. The Balaban J connectivity index is 2.12. The van der Waals surface area contributed by atoms with Crippen LogP contribution in [-0.2, 0) is 19.0 Å². The van der Waals surface area contributed by atoms with Crippen LogP contribution in [0.3, 0.4) is 0 Å². The lowest BCUT2D eigenvalue weighted by Gasteiger charge is -2.29. The van der Waals surface area contributed by atoms with Crippen LogP contribution in [0.1, 0.15) is 38.1 Å². The van der Waals surface area contributed by atoms with E-state index in [0.717, 1.165) is 5.69 Å². The molecule has 1 fully saturated rings. The largest absolute Gasteiger partial charge is 0.465 e. The van der Waals surface area contributed by atoms with E-state index in [2.05, 4.69) is 15.5 Å². The van der Waals surface area contributed by atoms with Gasteiger partial charge in [0.05, 0.1) is 31.6 Å². The molecule has 1 saturated heterocycles. The Morgan fingerprint density at radius 2 is 1.83 bits per heavy atom. The number of carbonyl (C=O) groups is 3. The van der Waals surface area contributed by atoms with E-state index in [4.69, 9.17) is 14.2 Å². The zero-order chi connectivity index (χ0) is 21.6. The van der Waals surface area contributed by atoms with Crippen LogP contribution in [0.4, 0.5) is 16.2 Å².